The Balaban J connectivity index is 1.68. The Morgan fingerprint density at radius 2 is 1.93 bits per heavy atom. The second-order valence-corrected chi connectivity index (χ2v) is 9.15. The molecule has 1 aromatic carbocycles. The lowest BCUT2D eigenvalue weighted by Crippen LogP contribution is -2.35. The molecule has 2 amide bonds. The van der Waals surface area contributed by atoms with Crippen molar-refractivity contribution in [3.05, 3.63) is 45.3 Å². The molecule has 7 nitrogen and oxygen atoms in total. The van der Waals surface area contributed by atoms with Crippen LogP contribution in [-0.2, 0) is 27.2 Å². The number of halogens is 1. The van der Waals surface area contributed by atoms with Crippen LogP contribution in [0.1, 0.15) is 27.2 Å². The van der Waals surface area contributed by atoms with Crippen molar-refractivity contribution in [3.63, 3.8) is 0 Å². The van der Waals surface area contributed by atoms with E-state index in [1.807, 2.05) is 12.1 Å². The highest BCUT2D eigenvalue weighted by molar-refractivity contribution is 7.99. The van der Waals surface area contributed by atoms with Crippen LogP contribution in [0.25, 0.3) is 0 Å². The van der Waals surface area contributed by atoms with Crippen molar-refractivity contribution in [2.75, 3.05) is 31.8 Å². The Kier molecular flexibility index (Phi) is 7.63. The number of thioether (sulfide) groups is 1. The van der Waals surface area contributed by atoms with Crippen molar-refractivity contribution in [2.45, 2.75) is 24.3 Å². The second kappa shape index (κ2) is 10.2. The van der Waals surface area contributed by atoms with E-state index in [1.165, 1.54) is 25.6 Å². The van der Waals surface area contributed by atoms with Gasteiger partial charge in [0.05, 0.1) is 26.3 Å². The van der Waals surface area contributed by atoms with Crippen molar-refractivity contribution in [1.29, 1.82) is 0 Å². The number of nitrogens with one attached hydrogen (secondary N) is 1. The molecule has 0 radical (unpaired) electrons. The van der Waals surface area contributed by atoms with Gasteiger partial charge in [-0.1, -0.05) is 11.6 Å². The maximum Gasteiger partial charge on any atom is 0.409 e. The summed E-state index contributed by atoms with van der Waals surface area (Å²) in [5, 5.41) is 3.97. The summed E-state index contributed by atoms with van der Waals surface area (Å²) in [6.45, 7) is 0.768. The van der Waals surface area contributed by atoms with Crippen LogP contribution in [0.3, 0.4) is 0 Å². The van der Waals surface area contributed by atoms with Gasteiger partial charge in [0.2, 0.25) is 5.91 Å². The number of ether oxygens (including phenoxy) is 2. The molecular weight excluding hydrogens is 448 g/mol. The molecule has 10 heteroatoms. The first kappa shape index (κ1) is 22.5. The third-order valence-corrected chi connectivity index (χ3v) is 6.94. The summed E-state index contributed by atoms with van der Waals surface area (Å²) >= 11 is 8.72. The Morgan fingerprint density at radius 1 is 1.20 bits per heavy atom. The Hall–Kier alpha value is -2.23. The van der Waals surface area contributed by atoms with Crippen molar-refractivity contribution in [1.82, 2.24) is 4.90 Å². The zero-order valence-electron chi connectivity index (χ0n) is 16.5. The van der Waals surface area contributed by atoms with E-state index >= 15 is 0 Å². The minimum absolute atomic E-state index is 0.190. The molecule has 30 heavy (non-hydrogen) atoms. The maximum absolute atomic E-state index is 12.5. The van der Waals surface area contributed by atoms with Crippen LogP contribution in [0, 0.1) is 0 Å². The summed E-state index contributed by atoms with van der Waals surface area (Å²) in [6.07, 6.45) is 0.358. The number of fused-ring (bicyclic) bond motifs is 1. The second-order valence-electron chi connectivity index (χ2n) is 6.44. The van der Waals surface area contributed by atoms with Gasteiger partial charge in [-0.3, -0.25) is 4.79 Å². The zero-order valence-corrected chi connectivity index (χ0v) is 18.9. The van der Waals surface area contributed by atoms with Crippen LogP contribution in [0.15, 0.2) is 29.2 Å². The van der Waals surface area contributed by atoms with Gasteiger partial charge in [0.25, 0.3) is 0 Å². The molecule has 0 fully saturated rings. The van der Waals surface area contributed by atoms with Crippen molar-refractivity contribution in [3.8, 4) is 0 Å². The topological polar surface area (TPSA) is 84.9 Å². The summed E-state index contributed by atoms with van der Waals surface area (Å²) in [5.41, 5.74) is 1.19. The van der Waals surface area contributed by atoms with Gasteiger partial charge in [0, 0.05) is 33.5 Å². The normalized spacial score (nSPS) is 12.8. The lowest BCUT2D eigenvalue weighted by molar-refractivity contribution is -0.115. The molecule has 3 rings (SSSR count). The van der Waals surface area contributed by atoms with Gasteiger partial charge in [-0.15, -0.1) is 23.1 Å². The van der Waals surface area contributed by atoms with E-state index in [-0.39, 0.29) is 12.3 Å². The molecule has 1 aromatic heterocycles. The average molecular weight is 469 g/mol. The molecule has 1 aliphatic heterocycles. The molecule has 0 aliphatic carbocycles. The number of esters is 1. The van der Waals surface area contributed by atoms with Crippen LogP contribution in [0.4, 0.5) is 9.80 Å². The Morgan fingerprint density at radius 3 is 2.60 bits per heavy atom. The third kappa shape index (κ3) is 5.27. The minimum Gasteiger partial charge on any atom is -0.465 e. The summed E-state index contributed by atoms with van der Waals surface area (Å²) in [4.78, 5) is 40.1. The van der Waals surface area contributed by atoms with Crippen molar-refractivity contribution in [2.24, 2.45) is 0 Å². The lowest BCUT2D eigenvalue weighted by atomic mass is 10.0. The number of carbonyl (C=O) groups is 3. The molecule has 0 bridgehead atoms. The Bertz CT molecular complexity index is 945. The van der Waals surface area contributed by atoms with Gasteiger partial charge in [-0.25, -0.2) is 9.59 Å². The first-order valence-corrected chi connectivity index (χ1v) is 11.3. The molecule has 1 N–H and O–H groups in total. The van der Waals surface area contributed by atoms with E-state index < -0.39 is 12.1 Å². The SMILES string of the molecule is COC(=O)c1c(NC(=O)CCSc2ccc(Cl)cc2)sc2c1CCN(C(=O)OC)C2. The molecule has 0 saturated carbocycles. The summed E-state index contributed by atoms with van der Waals surface area (Å²) < 4.78 is 9.71. The van der Waals surface area contributed by atoms with Crippen molar-refractivity contribution < 1.29 is 23.9 Å². The number of amides is 2. The molecule has 0 unspecified atom stereocenters. The van der Waals surface area contributed by atoms with Gasteiger partial charge < -0.3 is 19.7 Å². The van der Waals surface area contributed by atoms with Crippen LogP contribution < -0.4 is 5.32 Å². The van der Waals surface area contributed by atoms with E-state index in [9.17, 15) is 14.4 Å². The fourth-order valence-corrected chi connectivity index (χ4v) is 5.32. The van der Waals surface area contributed by atoms with Crippen LogP contribution in [-0.4, -0.2) is 49.4 Å². The summed E-state index contributed by atoms with van der Waals surface area (Å²) in [6, 6.07) is 7.42. The number of anilines is 1. The zero-order chi connectivity index (χ0) is 21.7. The molecule has 1 aliphatic rings. The predicted octanol–water partition coefficient (Wildman–Crippen LogP) is 4.43. The van der Waals surface area contributed by atoms with Gasteiger partial charge in [-0.2, -0.15) is 0 Å². The third-order valence-electron chi connectivity index (χ3n) is 4.54. The Labute approximate surface area is 187 Å². The molecule has 0 saturated heterocycles. The number of carbonyl (C=O) groups excluding carboxylic acids is 3. The van der Waals surface area contributed by atoms with Crippen LogP contribution in [0.2, 0.25) is 5.02 Å². The first-order chi connectivity index (χ1) is 14.4. The quantitative estimate of drug-likeness (QED) is 0.498. The smallest absolute Gasteiger partial charge is 0.409 e. The van der Waals surface area contributed by atoms with Crippen LogP contribution in [0.5, 0.6) is 0 Å². The summed E-state index contributed by atoms with van der Waals surface area (Å²) in [5.74, 6) is -0.0997. The monoisotopic (exact) mass is 468 g/mol. The van der Waals surface area contributed by atoms with E-state index in [1.54, 1.807) is 28.8 Å². The molecular formula is C20H21ClN2O5S2. The summed E-state index contributed by atoms with van der Waals surface area (Å²) in [7, 11) is 2.64. The predicted molar refractivity (Wildman–Crippen MR) is 118 cm³/mol. The molecule has 0 spiro atoms. The number of hydrogen-bond acceptors (Lipinski definition) is 7. The number of methoxy groups -OCH3 is 2. The molecule has 2 heterocycles. The van der Waals surface area contributed by atoms with Gasteiger partial charge in [0.15, 0.2) is 0 Å². The number of benzene rings is 1. The highest BCUT2D eigenvalue weighted by atomic mass is 35.5. The van der Waals surface area contributed by atoms with Crippen molar-refractivity contribution >= 4 is 57.7 Å². The fraction of sp³-hybridized carbons (Fsp3) is 0.350. The molecule has 2 aromatic rings. The van der Waals surface area contributed by atoms with Gasteiger partial charge in [-0.05, 0) is 36.2 Å². The van der Waals surface area contributed by atoms with E-state index in [0.717, 1.165) is 15.3 Å². The number of thiophene rings is 1. The highest BCUT2D eigenvalue weighted by Gasteiger charge is 2.31. The largest absolute Gasteiger partial charge is 0.465 e. The number of nitrogens with zero attached hydrogens (tertiary/aromatic N) is 1. The fourth-order valence-electron chi connectivity index (χ4n) is 3.08. The maximum atomic E-state index is 12.5. The standard InChI is InChI=1S/C20H21ClN2O5S2/c1-27-19(25)17-14-7-9-23(20(26)28-2)11-15(14)30-18(17)22-16(24)8-10-29-13-5-3-12(21)4-6-13/h3-6H,7-11H2,1-2H3,(H,22,24). The molecule has 0 atom stereocenters. The number of rotatable bonds is 6. The van der Waals surface area contributed by atoms with Gasteiger partial charge in [0.1, 0.15) is 5.00 Å². The number of hydrogen-bond donors (Lipinski definition) is 1. The van der Waals surface area contributed by atoms with E-state index in [2.05, 4.69) is 5.32 Å². The lowest BCUT2D eigenvalue weighted by Gasteiger charge is -2.25. The first-order valence-electron chi connectivity index (χ1n) is 9.17. The highest BCUT2D eigenvalue weighted by Crippen LogP contribution is 2.38. The van der Waals surface area contributed by atoms with Crippen LogP contribution >= 0.6 is 34.7 Å². The van der Waals surface area contributed by atoms with E-state index in [0.29, 0.717) is 40.9 Å². The minimum atomic E-state index is -0.496. The molecule has 160 valence electrons. The average Bonchev–Trinajstić information content (AvgIpc) is 3.10. The van der Waals surface area contributed by atoms with E-state index in [4.69, 9.17) is 21.1 Å². The van der Waals surface area contributed by atoms with Gasteiger partial charge >= 0.3 is 12.1 Å².